The molecule has 0 unspecified atom stereocenters. The van der Waals surface area contributed by atoms with Crippen LogP contribution in [0, 0.1) is 5.92 Å². The van der Waals surface area contributed by atoms with Gasteiger partial charge in [0, 0.05) is 57.4 Å². The van der Waals surface area contributed by atoms with E-state index in [-0.39, 0.29) is 54.0 Å². The predicted molar refractivity (Wildman–Crippen MR) is 121 cm³/mol. The largest absolute Gasteiger partial charge is 0.435 e. The third-order valence-corrected chi connectivity index (χ3v) is 5.33. The number of aliphatic imine (C=N–C) groups is 1. The Morgan fingerprint density at radius 1 is 1.30 bits per heavy atom. The molecule has 1 amide bonds. The van der Waals surface area contributed by atoms with Crippen molar-refractivity contribution in [2.45, 2.75) is 58.3 Å². The van der Waals surface area contributed by atoms with Crippen molar-refractivity contribution in [1.29, 1.82) is 0 Å². The second-order valence-electron chi connectivity index (χ2n) is 7.36. The minimum atomic E-state index is -4.50. The molecule has 0 atom stereocenters. The molecule has 0 aromatic carbocycles. The number of likely N-dealkylation sites (tertiary alicyclic amines) is 1. The molecule has 1 aliphatic heterocycles. The van der Waals surface area contributed by atoms with Crippen LogP contribution in [0.15, 0.2) is 11.2 Å². The fourth-order valence-electron chi connectivity index (χ4n) is 3.61. The molecule has 2 N–H and O–H groups in total. The lowest BCUT2D eigenvalue weighted by Crippen LogP contribution is -2.50. The molecule has 0 aliphatic carbocycles. The van der Waals surface area contributed by atoms with E-state index in [1.165, 1.54) is 13.2 Å². The standard InChI is InChI=1S/C19H31F3N6O.HI/c1-5-13(6-2)17(29)28-9-7-15(8-10-28)25-18(23-3)24-11-14-12-27(4)26-16(14)19(20,21)22;/h12-13,15H,5-11H2,1-4H3,(H2,23,24,25);1H. The van der Waals surface area contributed by atoms with Crippen LogP contribution in [0.5, 0.6) is 0 Å². The number of alkyl halides is 3. The molecular formula is C19H32F3IN6O. The lowest BCUT2D eigenvalue weighted by Gasteiger charge is -2.34. The van der Waals surface area contributed by atoms with Crippen LogP contribution >= 0.6 is 24.0 Å². The molecular weight excluding hydrogens is 512 g/mol. The summed E-state index contributed by atoms with van der Waals surface area (Å²) in [7, 11) is 3.04. The van der Waals surface area contributed by atoms with Gasteiger partial charge in [-0.15, -0.1) is 24.0 Å². The highest BCUT2D eigenvalue weighted by molar-refractivity contribution is 14.0. The number of hydrogen-bond acceptors (Lipinski definition) is 3. The number of nitrogens with one attached hydrogen (secondary N) is 2. The van der Waals surface area contributed by atoms with Crippen molar-refractivity contribution in [2.24, 2.45) is 18.0 Å². The van der Waals surface area contributed by atoms with E-state index in [2.05, 4.69) is 20.7 Å². The summed E-state index contributed by atoms with van der Waals surface area (Å²) in [6.45, 7) is 5.37. The van der Waals surface area contributed by atoms with Crippen molar-refractivity contribution >= 4 is 35.8 Å². The summed E-state index contributed by atoms with van der Waals surface area (Å²) >= 11 is 0. The monoisotopic (exact) mass is 544 g/mol. The van der Waals surface area contributed by atoms with E-state index in [9.17, 15) is 18.0 Å². The van der Waals surface area contributed by atoms with Gasteiger partial charge in [0.05, 0.1) is 0 Å². The number of aromatic nitrogens is 2. The SMILES string of the molecule is CCC(CC)C(=O)N1CCC(NC(=NC)NCc2cn(C)nc2C(F)(F)F)CC1.I. The van der Waals surface area contributed by atoms with Crippen LogP contribution in [0.2, 0.25) is 0 Å². The van der Waals surface area contributed by atoms with Crippen molar-refractivity contribution in [3.8, 4) is 0 Å². The first-order chi connectivity index (χ1) is 13.7. The van der Waals surface area contributed by atoms with Crippen LogP contribution in [-0.4, -0.2) is 52.7 Å². The van der Waals surface area contributed by atoms with Crippen molar-refractivity contribution in [2.75, 3.05) is 20.1 Å². The van der Waals surface area contributed by atoms with Gasteiger partial charge in [-0.2, -0.15) is 18.3 Å². The van der Waals surface area contributed by atoms with Gasteiger partial charge in [-0.05, 0) is 25.7 Å². The lowest BCUT2D eigenvalue weighted by atomic mass is 9.98. The number of piperidine rings is 1. The van der Waals surface area contributed by atoms with Crippen molar-refractivity contribution in [3.05, 3.63) is 17.5 Å². The van der Waals surface area contributed by atoms with Gasteiger partial charge in [0.25, 0.3) is 0 Å². The Labute approximate surface area is 192 Å². The number of carbonyl (C=O) groups is 1. The third kappa shape index (κ3) is 7.02. The second-order valence-corrected chi connectivity index (χ2v) is 7.36. The minimum absolute atomic E-state index is 0. The van der Waals surface area contributed by atoms with Crippen molar-refractivity contribution in [1.82, 2.24) is 25.3 Å². The maximum absolute atomic E-state index is 13.1. The van der Waals surface area contributed by atoms with Crippen LogP contribution in [0.3, 0.4) is 0 Å². The fourth-order valence-corrected chi connectivity index (χ4v) is 3.61. The number of rotatable bonds is 6. The zero-order valence-corrected chi connectivity index (χ0v) is 20.3. The molecule has 1 aromatic rings. The highest BCUT2D eigenvalue weighted by atomic mass is 127. The molecule has 1 aromatic heterocycles. The van der Waals surface area contributed by atoms with Crippen LogP contribution in [-0.2, 0) is 24.6 Å². The summed E-state index contributed by atoms with van der Waals surface area (Å²) in [6, 6.07) is 0.114. The lowest BCUT2D eigenvalue weighted by molar-refractivity contribution is -0.142. The van der Waals surface area contributed by atoms with Gasteiger partial charge < -0.3 is 15.5 Å². The average molecular weight is 544 g/mol. The normalized spacial score (nSPS) is 15.9. The van der Waals surface area contributed by atoms with Crippen LogP contribution < -0.4 is 10.6 Å². The third-order valence-electron chi connectivity index (χ3n) is 5.33. The predicted octanol–water partition coefficient (Wildman–Crippen LogP) is 3.15. The summed E-state index contributed by atoms with van der Waals surface area (Å²) in [5, 5.41) is 9.69. The molecule has 7 nitrogen and oxygen atoms in total. The van der Waals surface area contributed by atoms with E-state index in [0.717, 1.165) is 30.4 Å². The average Bonchev–Trinajstić information content (AvgIpc) is 3.07. The zero-order valence-electron chi connectivity index (χ0n) is 17.9. The van der Waals surface area contributed by atoms with Gasteiger partial charge in [0.15, 0.2) is 11.7 Å². The first kappa shape index (κ1) is 26.5. The Hall–Kier alpha value is -1.53. The van der Waals surface area contributed by atoms with Gasteiger partial charge in [-0.25, -0.2) is 0 Å². The van der Waals surface area contributed by atoms with Gasteiger partial charge in [-0.1, -0.05) is 13.8 Å². The number of carbonyl (C=O) groups excluding carboxylic acids is 1. The summed E-state index contributed by atoms with van der Waals surface area (Å²) in [5.41, 5.74) is -0.829. The molecule has 1 saturated heterocycles. The quantitative estimate of drug-likeness (QED) is 0.328. The van der Waals surface area contributed by atoms with Crippen LogP contribution in [0.25, 0.3) is 0 Å². The van der Waals surface area contributed by atoms with Gasteiger partial charge in [0.2, 0.25) is 5.91 Å². The molecule has 1 fully saturated rings. The Morgan fingerprint density at radius 3 is 2.40 bits per heavy atom. The number of nitrogens with zero attached hydrogens (tertiary/aromatic N) is 4. The Bertz CT molecular complexity index is 710. The fraction of sp³-hybridized carbons (Fsp3) is 0.737. The molecule has 1 aliphatic rings. The molecule has 172 valence electrons. The van der Waals surface area contributed by atoms with E-state index >= 15 is 0 Å². The van der Waals surface area contributed by atoms with E-state index in [4.69, 9.17) is 0 Å². The molecule has 11 heteroatoms. The molecule has 2 rings (SSSR count). The van der Waals surface area contributed by atoms with E-state index in [1.54, 1.807) is 7.05 Å². The number of guanidine groups is 1. The molecule has 2 heterocycles. The second kappa shape index (κ2) is 11.8. The maximum Gasteiger partial charge on any atom is 0.435 e. The van der Waals surface area contributed by atoms with E-state index < -0.39 is 11.9 Å². The highest BCUT2D eigenvalue weighted by Gasteiger charge is 2.36. The van der Waals surface area contributed by atoms with E-state index in [0.29, 0.717) is 19.0 Å². The smallest absolute Gasteiger partial charge is 0.354 e. The number of hydrogen-bond donors (Lipinski definition) is 2. The number of amides is 1. The highest BCUT2D eigenvalue weighted by Crippen LogP contribution is 2.30. The Kier molecular flexibility index (Phi) is 10.4. The van der Waals surface area contributed by atoms with Crippen LogP contribution in [0.4, 0.5) is 13.2 Å². The van der Waals surface area contributed by atoms with Crippen molar-refractivity contribution < 1.29 is 18.0 Å². The topological polar surface area (TPSA) is 74.6 Å². The molecule has 0 saturated carbocycles. The first-order valence-corrected chi connectivity index (χ1v) is 10.0. The summed E-state index contributed by atoms with van der Waals surface area (Å²) in [6.07, 6.45) is 0.0890. The van der Waals surface area contributed by atoms with Gasteiger partial charge >= 0.3 is 6.18 Å². The number of halogens is 4. The first-order valence-electron chi connectivity index (χ1n) is 10.0. The Morgan fingerprint density at radius 2 is 1.90 bits per heavy atom. The molecule has 30 heavy (non-hydrogen) atoms. The van der Waals surface area contributed by atoms with Crippen molar-refractivity contribution in [3.63, 3.8) is 0 Å². The molecule has 0 radical (unpaired) electrons. The van der Waals surface area contributed by atoms with Crippen LogP contribution in [0.1, 0.15) is 50.8 Å². The number of aryl methyl sites for hydroxylation is 1. The Balaban J connectivity index is 0.00000450. The summed E-state index contributed by atoms with van der Waals surface area (Å²) in [4.78, 5) is 18.5. The zero-order chi connectivity index (χ0) is 21.6. The molecule has 0 bridgehead atoms. The maximum atomic E-state index is 13.1. The minimum Gasteiger partial charge on any atom is -0.354 e. The van der Waals surface area contributed by atoms with Gasteiger partial charge in [-0.3, -0.25) is 14.5 Å². The van der Waals surface area contributed by atoms with E-state index in [1.807, 2.05) is 18.7 Å². The summed E-state index contributed by atoms with van der Waals surface area (Å²) in [5.74, 6) is 0.732. The summed E-state index contributed by atoms with van der Waals surface area (Å²) < 4.78 is 40.4. The molecule has 0 spiro atoms. The van der Waals surface area contributed by atoms with Gasteiger partial charge in [0.1, 0.15) is 0 Å².